The van der Waals surface area contributed by atoms with E-state index in [0.717, 1.165) is 34.1 Å². The van der Waals surface area contributed by atoms with Crippen LogP contribution in [0.15, 0.2) is 114 Å². The summed E-state index contributed by atoms with van der Waals surface area (Å²) in [5.41, 5.74) is 4.45. The molecule has 0 unspecified atom stereocenters. The standard InChI is InChI=1S/C29H25N3O2/c1-33-24-18-16-23(17-19-24)29-20-26(21-10-4-2-5-11-21)30-25-14-8-9-15-27(25)32(29)28(31-34-29)22-12-6-3-7-13-22/h2-19,26,30H,20H2,1H3/t26-,29-/m1/s1. The Hall–Kier alpha value is -4.25. The average Bonchev–Trinajstić information content (AvgIpc) is 3.22. The van der Waals surface area contributed by atoms with Crippen molar-refractivity contribution in [2.75, 3.05) is 17.3 Å². The number of rotatable bonds is 4. The Morgan fingerprint density at radius 1 is 0.853 bits per heavy atom. The molecule has 2 aliphatic rings. The zero-order valence-corrected chi connectivity index (χ0v) is 18.9. The number of oxime groups is 1. The highest BCUT2D eigenvalue weighted by Gasteiger charge is 2.52. The molecule has 168 valence electrons. The second-order valence-electron chi connectivity index (χ2n) is 8.55. The average molecular weight is 448 g/mol. The summed E-state index contributed by atoms with van der Waals surface area (Å²) < 4.78 is 5.43. The van der Waals surface area contributed by atoms with E-state index in [-0.39, 0.29) is 6.04 Å². The summed E-state index contributed by atoms with van der Waals surface area (Å²) in [4.78, 5) is 8.74. The van der Waals surface area contributed by atoms with Crippen LogP contribution in [0.25, 0.3) is 0 Å². The van der Waals surface area contributed by atoms with Crippen LogP contribution >= 0.6 is 0 Å². The molecule has 0 bridgehead atoms. The van der Waals surface area contributed by atoms with Gasteiger partial charge in [0.1, 0.15) is 5.75 Å². The van der Waals surface area contributed by atoms with Gasteiger partial charge in [0.15, 0.2) is 5.84 Å². The summed E-state index contributed by atoms with van der Waals surface area (Å²) in [7, 11) is 1.68. The van der Waals surface area contributed by atoms with E-state index in [9.17, 15) is 0 Å². The van der Waals surface area contributed by atoms with Crippen LogP contribution in [-0.2, 0) is 10.6 Å². The molecule has 0 radical (unpaired) electrons. The van der Waals surface area contributed by atoms with Gasteiger partial charge in [-0.3, -0.25) is 4.90 Å². The SMILES string of the molecule is COc1ccc([C@]23C[C@H](c4ccccc4)Nc4ccccc4N2C(c2ccccc2)=NO3)cc1. The Morgan fingerprint density at radius 3 is 2.26 bits per heavy atom. The van der Waals surface area contributed by atoms with Crippen molar-refractivity contribution in [1.82, 2.24) is 0 Å². The lowest BCUT2D eigenvalue weighted by molar-refractivity contribution is -0.0309. The first kappa shape index (κ1) is 20.4. The van der Waals surface area contributed by atoms with Gasteiger partial charge >= 0.3 is 0 Å². The number of amidine groups is 1. The number of fused-ring (bicyclic) bond motifs is 3. The highest BCUT2D eigenvalue weighted by Crippen LogP contribution is 2.51. The molecule has 5 nitrogen and oxygen atoms in total. The van der Waals surface area contributed by atoms with Crippen LogP contribution in [0.5, 0.6) is 5.75 Å². The van der Waals surface area contributed by atoms with Crippen molar-refractivity contribution >= 4 is 17.2 Å². The normalized spacial score (nSPS) is 20.8. The molecule has 2 atom stereocenters. The van der Waals surface area contributed by atoms with E-state index in [1.54, 1.807) is 7.11 Å². The van der Waals surface area contributed by atoms with Crippen LogP contribution in [-0.4, -0.2) is 12.9 Å². The van der Waals surface area contributed by atoms with Crippen molar-refractivity contribution in [3.63, 3.8) is 0 Å². The van der Waals surface area contributed by atoms with Gasteiger partial charge in [-0.15, -0.1) is 0 Å². The molecule has 2 heterocycles. The lowest BCUT2D eigenvalue weighted by Gasteiger charge is -2.37. The molecule has 6 rings (SSSR count). The molecule has 0 saturated heterocycles. The number of hydrogen-bond acceptors (Lipinski definition) is 5. The van der Waals surface area contributed by atoms with E-state index in [4.69, 9.17) is 14.7 Å². The van der Waals surface area contributed by atoms with E-state index in [0.29, 0.717) is 6.42 Å². The second kappa shape index (κ2) is 8.27. The summed E-state index contributed by atoms with van der Waals surface area (Å²) in [5, 5.41) is 8.49. The molecule has 34 heavy (non-hydrogen) atoms. The zero-order chi connectivity index (χ0) is 23.0. The monoisotopic (exact) mass is 447 g/mol. The lowest BCUT2D eigenvalue weighted by Crippen LogP contribution is -2.47. The summed E-state index contributed by atoms with van der Waals surface area (Å²) >= 11 is 0. The van der Waals surface area contributed by atoms with Crippen LogP contribution in [0.3, 0.4) is 0 Å². The maximum atomic E-state index is 6.49. The van der Waals surface area contributed by atoms with Crippen molar-refractivity contribution in [1.29, 1.82) is 0 Å². The Morgan fingerprint density at radius 2 is 1.53 bits per heavy atom. The molecular weight excluding hydrogens is 422 g/mol. The molecule has 4 aromatic rings. The molecular formula is C29H25N3O2. The van der Waals surface area contributed by atoms with Gasteiger partial charge in [0.05, 0.1) is 24.5 Å². The number of ether oxygens (including phenoxy) is 1. The second-order valence-corrected chi connectivity index (χ2v) is 8.55. The maximum Gasteiger partial charge on any atom is 0.243 e. The smallest absolute Gasteiger partial charge is 0.243 e. The Balaban J connectivity index is 1.57. The van der Waals surface area contributed by atoms with Gasteiger partial charge in [0, 0.05) is 17.5 Å². The first-order valence-electron chi connectivity index (χ1n) is 11.5. The first-order chi connectivity index (χ1) is 16.8. The lowest BCUT2D eigenvalue weighted by atomic mass is 9.90. The minimum Gasteiger partial charge on any atom is -0.497 e. The number of nitrogens with zero attached hydrogens (tertiary/aromatic N) is 2. The van der Waals surface area contributed by atoms with Gasteiger partial charge in [-0.2, -0.15) is 0 Å². The molecule has 0 fully saturated rings. The van der Waals surface area contributed by atoms with Gasteiger partial charge in [-0.05, 0) is 42.0 Å². The van der Waals surface area contributed by atoms with Crippen LogP contribution in [0.4, 0.5) is 11.4 Å². The van der Waals surface area contributed by atoms with Crippen molar-refractivity contribution in [3.05, 3.63) is 126 Å². The van der Waals surface area contributed by atoms with Crippen LogP contribution in [0.1, 0.15) is 29.2 Å². The van der Waals surface area contributed by atoms with Crippen molar-refractivity contribution in [3.8, 4) is 5.75 Å². The fraction of sp³-hybridized carbons (Fsp3) is 0.138. The van der Waals surface area contributed by atoms with Crippen molar-refractivity contribution in [2.45, 2.75) is 18.2 Å². The van der Waals surface area contributed by atoms with Gasteiger partial charge in [-0.25, -0.2) is 0 Å². The molecule has 0 saturated carbocycles. The van der Waals surface area contributed by atoms with Gasteiger partial charge in [0.2, 0.25) is 5.72 Å². The fourth-order valence-corrected chi connectivity index (χ4v) is 4.92. The molecule has 2 aliphatic heterocycles. The third-order valence-electron chi connectivity index (χ3n) is 6.59. The molecule has 0 aromatic heterocycles. The summed E-state index contributed by atoms with van der Waals surface area (Å²) in [6.07, 6.45) is 0.651. The van der Waals surface area contributed by atoms with E-state index >= 15 is 0 Å². The minimum atomic E-state index is -0.836. The summed E-state index contributed by atoms with van der Waals surface area (Å²) in [5.74, 6) is 1.60. The topological polar surface area (TPSA) is 46.1 Å². The molecule has 5 heteroatoms. The van der Waals surface area contributed by atoms with E-state index in [1.807, 2.05) is 36.4 Å². The highest BCUT2D eigenvalue weighted by atomic mass is 16.7. The van der Waals surface area contributed by atoms with Crippen LogP contribution in [0.2, 0.25) is 0 Å². The number of benzene rings is 4. The number of hydrogen-bond donors (Lipinski definition) is 1. The van der Waals surface area contributed by atoms with Crippen LogP contribution in [0, 0.1) is 0 Å². The Kier molecular flexibility index (Phi) is 4.95. The maximum absolute atomic E-state index is 6.49. The first-order valence-corrected chi connectivity index (χ1v) is 11.5. The molecule has 0 amide bonds. The van der Waals surface area contributed by atoms with Gasteiger partial charge < -0.3 is 14.9 Å². The predicted octanol–water partition coefficient (Wildman–Crippen LogP) is 6.30. The third-order valence-corrected chi connectivity index (χ3v) is 6.59. The Labute approximate surface area is 199 Å². The largest absolute Gasteiger partial charge is 0.497 e. The predicted molar refractivity (Wildman–Crippen MR) is 135 cm³/mol. The zero-order valence-electron chi connectivity index (χ0n) is 18.9. The number of nitrogens with one attached hydrogen (secondary N) is 1. The number of anilines is 2. The van der Waals surface area contributed by atoms with E-state index in [2.05, 4.69) is 83.0 Å². The fourth-order valence-electron chi connectivity index (χ4n) is 4.92. The van der Waals surface area contributed by atoms with E-state index in [1.165, 1.54) is 5.56 Å². The van der Waals surface area contributed by atoms with Crippen LogP contribution < -0.4 is 15.0 Å². The van der Waals surface area contributed by atoms with E-state index < -0.39 is 5.72 Å². The molecule has 4 aromatic carbocycles. The Bertz CT molecular complexity index is 1320. The molecule has 0 spiro atoms. The van der Waals surface area contributed by atoms with Crippen molar-refractivity contribution in [2.24, 2.45) is 5.16 Å². The molecule has 0 aliphatic carbocycles. The highest BCUT2D eigenvalue weighted by molar-refractivity contribution is 6.13. The number of para-hydroxylation sites is 2. The quantitative estimate of drug-likeness (QED) is 0.399. The summed E-state index contributed by atoms with van der Waals surface area (Å²) in [6, 6.07) is 37.2. The molecule has 1 N–H and O–H groups in total. The van der Waals surface area contributed by atoms with Gasteiger partial charge in [-0.1, -0.05) is 78.0 Å². The number of methoxy groups -OCH3 is 1. The minimum absolute atomic E-state index is 0.0137. The van der Waals surface area contributed by atoms with Crippen molar-refractivity contribution < 1.29 is 9.57 Å². The van der Waals surface area contributed by atoms with Gasteiger partial charge in [0.25, 0.3) is 0 Å². The third kappa shape index (κ3) is 3.28. The summed E-state index contributed by atoms with van der Waals surface area (Å²) in [6.45, 7) is 0.